The van der Waals surface area contributed by atoms with E-state index in [1.165, 1.54) is 4.90 Å². The lowest BCUT2D eigenvalue weighted by atomic mass is 9.91. The molecule has 52 heavy (non-hydrogen) atoms. The number of amides is 4. The summed E-state index contributed by atoms with van der Waals surface area (Å²) in [6.07, 6.45) is 8.40. The number of fused-ring (bicyclic) bond motifs is 3. The Morgan fingerprint density at radius 1 is 1.12 bits per heavy atom. The highest BCUT2D eigenvalue weighted by molar-refractivity contribution is 7.91. The number of hydrogen-bond donors (Lipinski definition) is 3. The molecule has 3 fully saturated rings. The van der Waals surface area contributed by atoms with Gasteiger partial charge in [-0.15, -0.1) is 0 Å². The molecule has 7 rings (SSSR count). The lowest BCUT2D eigenvalue weighted by Crippen LogP contribution is -2.58. The first-order valence-electron chi connectivity index (χ1n) is 18.1. The minimum atomic E-state index is -3.89. The van der Waals surface area contributed by atoms with E-state index in [-0.39, 0.29) is 25.8 Å². The van der Waals surface area contributed by atoms with Crippen molar-refractivity contribution in [1.29, 1.82) is 0 Å². The number of carbonyl (C=O) groups is 4. The van der Waals surface area contributed by atoms with Gasteiger partial charge in [-0.2, -0.15) is 0 Å². The zero-order valence-electron chi connectivity index (χ0n) is 29.7. The number of rotatable bonds is 5. The van der Waals surface area contributed by atoms with E-state index in [2.05, 4.69) is 20.5 Å². The molecule has 1 aromatic rings. The maximum absolute atomic E-state index is 14.5. The van der Waals surface area contributed by atoms with E-state index in [9.17, 15) is 27.6 Å². The Kier molecular flexibility index (Phi) is 9.50. The van der Waals surface area contributed by atoms with Gasteiger partial charge in [-0.1, -0.05) is 41.8 Å². The summed E-state index contributed by atoms with van der Waals surface area (Å²) in [5.74, 6) is -1.69. The van der Waals surface area contributed by atoms with E-state index in [0.29, 0.717) is 61.6 Å². The van der Waals surface area contributed by atoms with Crippen LogP contribution in [-0.4, -0.2) is 90.1 Å². The van der Waals surface area contributed by atoms with Crippen LogP contribution in [-0.2, 0) is 40.4 Å². The fourth-order valence-electron chi connectivity index (χ4n) is 7.63. The van der Waals surface area contributed by atoms with Crippen LogP contribution in [0.2, 0.25) is 5.02 Å². The van der Waals surface area contributed by atoms with Gasteiger partial charge in [-0.3, -0.25) is 19.1 Å². The van der Waals surface area contributed by atoms with Gasteiger partial charge in [-0.25, -0.2) is 13.2 Å². The number of carbonyl (C=O) groups excluding carboxylic acids is 4. The molecule has 1 aromatic carbocycles. The van der Waals surface area contributed by atoms with E-state index < -0.39 is 73.8 Å². The van der Waals surface area contributed by atoms with Gasteiger partial charge in [0.1, 0.15) is 29.0 Å². The Bertz CT molecular complexity index is 1840. The predicted molar refractivity (Wildman–Crippen MR) is 190 cm³/mol. The maximum atomic E-state index is 14.5. The van der Waals surface area contributed by atoms with Crippen LogP contribution in [0, 0.1) is 5.92 Å². The number of alkyl carbamates (subject to hydrolysis) is 1. The minimum Gasteiger partial charge on any atom is -0.491 e. The zero-order valence-corrected chi connectivity index (χ0v) is 31.2. The van der Waals surface area contributed by atoms with Crippen LogP contribution in [0.3, 0.4) is 0 Å². The fraction of sp³-hybridized carbons (Fsp3) is 0.639. The van der Waals surface area contributed by atoms with Gasteiger partial charge in [0, 0.05) is 30.7 Å². The second-order valence-electron chi connectivity index (χ2n) is 15.9. The molecule has 4 amide bonds. The normalized spacial score (nSPS) is 31.0. The number of oxime groups is 1. The molecule has 1 saturated heterocycles. The zero-order chi connectivity index (χ0) is 37.1. The van der Waals surface area contributed by atoms with Gasteiger partial charge in [0.25, 0.3) is 5.91 Å². The van der Waals surface area contributed by atoms with E-state index in [4.69, 9.17) is 25.9 Å². The molecular formula is C36H46ClN5O9S. The van der Waals surface area contributed by atoms with Crippen LogP contribution in [0.4, 0.5) is 4.79 Å². The quantitative estimate of drug-likeness (QED) is 0.378. The average molecular weight is 760 g/mol. The second kappa shape index (κ2) is 13.5. The third kappa shape index (κ3) is 7.48. The van der Waals surface area contributed by atoms with Crippen molar-refractivity contribution >= 4 is 51.2 Å². The fourth-order valence-corrected chi connectivity index (χ4v) is 9.29. The van der Waals surface area contributed by atoms with Crippen LogP contribution >= 0.6 is 11.6 Å². The first-order valence-corrected chi connectivity index (χ1v) is 20.1. The van der Waals surface area contributed by atoms with E-state index in [1.807, 2.05) is 18.2 Å². The van der Waals surface area contributed by atoms with Crippen molar-refractivity contribution in [1.82, 2.24) is 20.3 Å². The number of ether oxygens (including phenoxy) is 2. The van der Waals surface area contributed by atoms with Crippen molar-refractivity contribution in [3.63, 3.8) is 0 Å². The lowest BCUT2D eigenvalue weighted by molar-refractivity contribution is -0.141. The number of allylic oxidation sites excluding steroid dienone is 1. The van der Waals surface area contributed by atoms with Crippen LogP contribution in [0.25, 0.3) is 0 Å². The van der Waals surface area contributed by atoms with Crippen LogP contribution < -0.4 is 20.1 Å². The summed E-state index contributed by atoms with van der Waals surface area (Å²) in [5, 5.41) is 9.88. The highest BCUT2D eigenvalue weighted by Crippen LogP contribution is 2.47. The van der Waals surface area contributed by atoms with Gasteiger partial charge in [0.2, 0.25) is 21.8 Å². The summed E-state index contributed by atoms with van der Waals surface area (Å²) in [6, 6.07) is 1.59. The molecule has 1 spiro atoms. The van der Waals surface area contributed by atoms with Gasteiger partial charge in [0.05, 0.1) is 29.1 Å². The van der Waals surface area contributed by atoms with Crippen LogP contribution in [0.5, 0.6) is 5.75 Å². The summed E-state index contributed by atoms with van der Waals surface area (Å²) in [7, 11) is -3.89. The minimum absolute atomic E-state index is 0.0240. The standard InChI is InChI=1S/C36H46ClN5O9S/c1-34(2,3)50-33(46)38-26-10-8-6-4-5-7-9-23-17-36(23,32(45)41-52(47,48)24-11-12-24)39-30(43)28-19-35(20-42(28)31(26)44)18-27(40-51-35)22-15-21-13-14-49-29(21)25(37)16-22/h7,9,15-16,23-24,26,28H,4-6,8,10-14,17-20H2,1-3H3,(H,38,46)(H,39,43)(H,41,45)/b9-7-/t23-,26+,28+,35-,36+/m1/s1. The number of sulfonamides is 1. The summed E-state index contributed by atoms with van der Waals surface area (Å²) >= 11 is 6.54. The first kappa shape index (κ1) is 36.5. The average Bonchev–Trinajstić information content (AvgIpc) is 3.89. The lowest BCUT2D eigenvalue weighted by Gasteiger charge is -2.30. The molecule has 16 heteroatoms. The summed E-state index contributed by atoms with van der Waals surface area (Å²) in [5.41, 5.74) is -1.10. The highest BCUT2D eigenvalue weighted by Gasteiger charge is 2.63. The SMILES string of the molecule is CC(C)(C)OC(=O)N[C@H]1CCCCC/C=C\[C@@H]2C[C@]2(C(=O)NS(=O)(=O)C2CC2)NC(=O)[C@@H]2C[C@]3(CC(c4cc(Cl)c5c(c4)CCO5)=NO3)CN2C1=O. The van der Waals surface area contributed by atoms with E-state index in [1.54, 1.807) is 26.8 Å². The molecule has 3 N–H and O–H groups in total. The summed E-state index contributed by atoms with van der Waals surface area (Å²) < 4.78 is 39.0. The molecule has 5 atom stereocenters. The van der Waals surface area contributed by atoms with Crippen molar-refractivity contribution in [3.8, 4) is 5.75 Å². The Balaban J connectivity index is 1.19. The monoisotopic (exact) mass is 759 g/mol. The number of halogens is 1. The molecule has 0 bridgehead atoms. The van der Waals surface area contributed by atoms with Gasteiger partial charge in [-0.05, 0) is 77.0 Å². The molecule has 4 aliphatic heterocycles. The number of nitrogens with zero attached hydrogens (tertiary/aromatic N) is 2. The van der Waals surface area contributed by atoms with Gasteiger partial charge < -0.3 is 29.8 Å². The molecule has 0 unspecified atom stereocenters. The highest BCUT2D eigenvalue weighted by atomic mass is 35.5. The molecule has 14 nitrogen and oxygen atoms in total. The van der Waals surface area contributed by atoms with E-state index in [0.717, 1.165) is 24.0 Å². The van der Waals surface area contributed by atoms with Crippen molar-refractivity contribution in [2.75, 3.05) is 13.2 Å². The number of nitrogens with one attached hydrogen (secondary N) is 3. The predicted octanol–water partition coefficient (Wildman–Crippen LogP) is 3.64. The Morgan fingerprint density at radius 2 is 1.90 bits per heavy atom. The molecule has 282 valence electrons. The Hall–Kier alpha value is -3.85. The molecule has 0 aromatic heterocycles. The second-order valence-corrected chi connectivity index (χ2v) is 18.3. The third-order valence-corrected chi connectivity index (χ3v) is 12.7. The molecule has 0 radical (unpaired) electrons. The molecule has 4 heterocycles. The van der Waals surface area contributed by atoms with Gasteiger partial charge >= 0.3 is 6.09 Å². The maximum Gasteiger partial charge on any atom is 0.408 e. The van der Waals surface area contributed by atoms with Crippen molar-refractivity contribution in [2.24, 2.45) is 11.1 Å². The molecule has 2 aliphatic carbocycles. The molecule has 6 aliphatic rings. The Labute approximate surface area is 308 Å². The largest absolute Gasteiger partial charge is 0.491 e. The smallest absolute Gasteiger partial charge is 0.408 e. The van der Waals surface area contributed by atoms with Crippen molar-refractivity contribution < 1.29 is 41.9 Å². The topological polar surface area (TPSA) is 182 Å². The van der Waals surface area contributed by atoms with Crippen LogP contribution in [0.1, 0.15) is 96.1 Å². The first-order chi connectivity index (χ1) is 24.6. The van der Waals surface area contributed by atoms with Crippen LogP contribution in [0.15, 0.2) is 29.4 Å². The third-order valence-electron chi connectivity index (χ3n) is 10.6. The molecule has 2 saturated carbocycles. The summed E-state index contributed by atoms with van der Waals surface area (Å²) in [4.78, 5) is 63.2. The molecular weight excluding hydrogens is 714 g/mol. The van der Waals surface area contributed by atoms with Gasteiger partial charge in [0.15, 0.2) is 5.60 Å². The number of benzene rings is 1. The Morgan fingerprint density at radius 3 is 2.65 bits per heavy atom. The number of hydrogen-bond acceptors (Lipinski definition) is 10. The van der Waals surface area contributed by atoms with E-state index >= 15 is 0 Å². The summed E-state index contributed by atoms with van der Waals surface area (Å²) in [6.45, 7) is 5.69. The van der Waals surface area contributed by atoms with Crippen molar-refractivity contribution in [3.05, 3.63) is 40.4 Å². The van der Waals surface area contributed by atoms with Crippen molar-refractivity contribution in [2.45, 2.75) is 125 Å².